The molecule has 256 valence electrons. The van der Waals surface area contributed by atoms with E-state index in [0.29, 0.717) is 33.6 Å². The zero-order valence-corrected chi connectivity index (χ0v) is 28.4. The molecule has 1 aromatic heterocycles. The number of nitrogens with zero attached hydrogens (tertiary/aromatic N) is 2. The third kappa shape index (κ3) is 5.23. The SMILES string of the molecule is Cc1cc(-c2ccc3c(c2)c2ccccc2n3-c2cccc3c2C(=O)N(c2cccc(-c4ccccc4)c2-c2ccccc2)C3=O)cc(C(F)(F)F)c1. The van der Waals surface area contributed by atoms with Crippen LogP contribution in [0.3, 0.4) is 0 Å². The maximum absolute atomic E-state index is 14.8. The van der Waals surface area contributed by atoms with Gasteiger partial charge < -0.3 is 4.57 Å². The molecule has 9 rings (SSSR count). The molecule has 0 saturated heterocycles. The largest absolute Gasteiger partial charge is 0.416 e. The molecular weight excluding hydrogens is 670 g/mol. The fourth-order valence-electron chi connectivity index (χ4n) is 7.69. The number of amides is 2. The third-order valence-electron chi connectivity index (χ3n) is 9.98. The summed E-state index contributed by atoms with van der Waals surface area (Å²) in [5.74, 6) is -0.859. The van der Waals surface area contributed by atoms with Crippen molar-refractivity contribution in [3.8, 4) is 39.1 Å². The number of carbonyl (C=O) groups excluding carboxylic acids is 2. The van der Waals surface area contributed by atoms with Crippen molar-refractivity contribution in [2.75, 3.05) is 4.90 Å². The lowest BCUT2D eigenvalue weighted by molar-refractivity contribution is -0.137. The lowest BCUT2D eigenvalue weighted by atomic mass is 9.92. The Morgan fingerprint density at radius 2 is 1.11 bits per heavy atom. The molecule has 2 amide bonds. The van der Waals surface area contributed by atoms with Crippen molar-refractivity contribution in [1.82, 2.24) is 4.57 Å². The minimum Gasteiger partial charge on any atom is -0.308 e. The van der Waals surface area contributed by atoms with Crippen molar-refractivity contribution < 1.29 is 22.8 Å². The van der Waals surface area contributed by atoms with Gasteiger partial charge in [0.25, 0.3) is 11.8 Å². The summed E-state index contributed by atoms with van der Waals surface area (Å²) in [6.45, 7) is 1.65. The number of aryl methyl sites for hydroxylation is 1. The number of anilines is 1. The number of hydrogen-bond acceptors (Lipinski definition) is 2. The van der Waals surface area contributed by atoms with E-state index in [1.807, 2.05) is 126 Å². The lowest BCUT2D eigenvalue weighted by Gasteiger charge is -2.22. The van der Waals surface area contributed by atoms with Crippen molar-refractivity contribution in [2.45, 2.75) is 13.1 Å². The number of imide groups is 1. The van der Waals surface area contributed by atoms with E-state index in [1.165, 1.54) is 11.0 Å². The van der Waals surface area contributed by atoms with Crippen LogP contribution in [0.25, 0.3) is 60.9 Å². The highest BCUT2D eigenvalue weighted by molar-refractivity contribution is 6.36. The zero-order chi connectivity index (χ0) is 36.4. The number of alkyl halides is 3. The summed E-state index contributed by atoms with van der Waals surface area (Å²) in [7, 11) is 0. The smallest absolute Gasteiger partial charge is 0.308 e. The standard InChI is InChI=1S/C46H29F3N2O2/c1-28-24-32(26-33(25-28)46(47,48)49)31-22-23-39-37(27-31)35-16-8-9-19-38(35)50(39)41-21-11-18-36-43(41)45(53)51(44(36)52)40-20-10-17-34(29-12-4-2-5-13-29)42(40)30-14-6-3-7-15-30/h2-27H,1H3. The van der Waals surface area contributed by atoms with Gasteiger partial charge in [0.2, 0.25) is 0 Å². The minimum absolute atomic E-state index is 0.279. The van der Waals surface area contributed by atoms with Crippen molar-refractivity contribution >= 4 is 39.3 Å². The quantitative estimate of drug-likeness (QED) is 0.168. The van der Waals surface area contributed by atoms with Gasteiger partial charge in [-0.3, -0.25) is 9.59 Å². The van der Waals surface area contributed by atoms with E-state index in [9.17, 15) is 22.8 Å². The summed E-state index contributed by atoms with van der Waals surface area (Å²) in [5.41, 5.74) is 7.52. The van der Waals surface area contributed by atoms with Crippen LogP contribution in [0.1, 0.15) is 31.8 Å². The second kappa shape index (κ2) is 12.2. The molecule has 8 aromatic rings. The second-order valence-corrected chi connectivity index (χ2v) is 13.2. The number of para-hydroxylation sites is 1. The average Bonchev–Trinajstić information content (AvgIpc) is 3.64. The Labute approximate surface area is 303 Å². The first-order valence-corrected chi connectivity index (χ1v) is 17.2. The molecule has 0 atom stereocenters. The minimum atomic E-state index is -4.48. The number of fused-ring (bicyclic) bond motifs is 4. The monoisotopic (exact) mass is 698 g/mol. The van der Waals surface area contributed by atoms with Crippen molar-refractivity contribution in [2.24, 2.45) is 0 Å². The summed E-state index contributed by atoms with van der Waals surface area (Å²) in [5, 5.41) is 1.67. The molecule has 2 heterocycles. The maximum atomic E-state index is 14.8. The number of aromatic nitrogens is 1. The Bertz CT molecular complexity index is 2770. The molecule has 53 heavy (non-hydrogen) atoms. The molecule has 0 radical (unpaired) electrons. The molecule has 0 saturated carbocycles. The van der Waals surface area contributed by atoms with E-state index in [1.54, 1.807) is 31.2 Å². The Kier molecular flexibility index (Phi) is 7.41. The number of rotatable bonds is 5. The number of halogens is 3. The maximum Gasteiger partial charge on any atom is 0.416 e. The summed E-state index contributed by atoms with van der Waals surface area (Å²) in [6.07, 6.45) is -4.48. The Hall–Kier alpha value is -6.73. The van der Waals surface area contributed by atoms with Crippen LogP contribution in [0.2, 0.25) is 0 Å². The van der Waals surface area contributed by atoms with E-state index in [2.05, 4.69) is 0 Å². The van der Waals surface area contributed by atoms with Gasteiger partial charge in [-0.2, -0.15) is 13.2 Å². The highest BCUT2D eigenvalue weighted by atomic mass is 19.4. The predicted molar refractivity (Wildman–Crippen MR) is 204 cm³/mol. The fourth-order valence-corrected chi connectivity index (χ4v) is 7.69. The van der Waals surface area contributed by atoms with Gasteiger partial charge in [0.15, 0.2) is 0 Å². The van der Waals surface area contributed by atoms with Crippen LogP contribution < -0.4 is 4.90 Å². The summed E-state index contributed by atoms with van der Waals surface area (Å²) < 4.78 is 43.3. The van der Waals surface area contributed by atoms with Crippen LogP contribution >= 0.6 is 0 Å². The molecule has 7 heteroatoms. The first-order chi connectivity index (χ1) is 25.7. The van der Waals surface area contributed by atoms with Gasteiger partial charge >= 0.3 is 6.18 Å². The molecule has 0 aliphatic carbocycles. The molecular formula is C46H29F3N2O2. The van der Waals surface area contributed by atoms with Crippen LogP contribution in [0.15, 0.2) is 158 Å². The predicted octanol–water partition coefficient (Wildman–Crippen LogP) is 11.9. The number of carbonyl (C=O) groups is 2. The van der Waals surface area contributed by atoms with Crippen LogP contribution in [-0.4, -0.2) is 16.4 Å². The van der Waals surface area contributed by atoms with E-state index >= 15 is 0 Å². The first-order valence-electron chi connectivity index (χ1n) is 17.2. The van der Waals surface area contributed by atoms with Gasteiger partial charge in [-0.1, -0.05) is 109 Å². The second-order valence-electron chi connectivity index (χ2n) is 13.2. The number of hydrogen-bond donors (Lipinski definition) is 0. The molecule has 7 aromatic carbocycles. The van der Waals surface area contributed by atoms with Gasteiger partial charge in [-0.25, -0.2) is 4.90 Å². The molecule has 0 fully saturated rings. The van der Waals surface area contributed by atoms with E-state index in [-0.39, 0.29) is 5.56 Å². The van der Waals surface area contributed by atoms with Gasteiger partial charge in [0, 0.05) is 16.3 Å². The van der Waals surface area contributed by atoms with Gasteiger partial charge in [0.05, 0.1) is 39.1 Å². The van der Waals surface area contributed by atoms with E-state index in [4.69, 9.17) is 0 Å². The van der Waals surface area contributed by atoms with Crippen LogP contribution in [0, 0.1) is 6.92 Å². The molecule has 0 unspecified atom stereocenters. The van der Waals surface area contributed by atoms with Gasteiger partial charge in [0.1, 0.15) is 0 Å². The van der Waals surface area contributed by atoms with Gasteiger partial charge in [-0.05, 0) is 88.8 Å². The van der Waals surface area contributed by atoms with Crippen LogP contribution in [0.5, 0.6) is 0 Å². The average molecular weight is 699 g/mol. The summed E-state index contributed by atoms with van der Waals surface area (Å²) in [4.78, 5) is 30.5. The van der Waals surface area contributed by atoms with Crippen molar-refractivity contribution in [3.05, 3.63) is 180 Å². The Balaban J connectivity index is 1.22. The summed E-state index contributed by atoms with van der Waals surface area (Å²) in [6, 6.07) is 47.9. The normalized spacial score (nSPS) is 12.9. The molecule has 4 nitrogen and oxygen atoms in total. The number of benzene rings is 7. The zero-order valence-electron chi connectivity index (χ0n) is 28.4. The highest BCUT2D eigenvalue weighted by Gasteiger charge is 2.41. The molecule has 0 N–H and O–H groups in total. The third-order valence-corrected chi connectivity index (χ3v) is 9.98. The molecule has 1 aliphatic heterocycles. The van der Waals surface area contributed by atoms with Gasteiger partial charge in [-0.15, -0.1) is 0 Å². The van der Waals surface area contributed by atoms with E-state index in [0.717, 1.165) is 50.1 Å². The molecule has 1 aliphatic rings. The van der Waals surface area contributed by atoms with Crippen LogP contribution in [0.4, 0.5) is 18.9 Å². The highest BCUT2D eigenvalue weighted by Crippen LogP contribution is 2.44. The first kappa shape index (κ1) is 32.2. The Morgan fingerprint density at radius 3 is 1.85 bits per heavy atom. The van der Waals surface area contributed by atoms with E-state index < -0.39 is 23.6 Å². The van der Waals surface area contributed by atoms with Crippen molar-refractivity contribution in [1.29, 1.82) is 0 Å². The Morgan fingerprint density at radius 1 is 0.472 bits per heavy atom. The molecule has 0 spiro atoms. The topological polar surface area (TPSA) is 42.3 Å². The van der Waals surface area contributed by atoms with Crippen molar-refractivity contribution in [3.63, 3.8) is 0 Å². The fraction of sp³-hybridized carbons (Fsp3) is 0.0435. The summed E-state index contributed by atoms with van der Waals surface area (Å²) >= 11 is 0. The van der Waals surface area contributed by atoms with Crippen LogP contribution in [-0.2, 0) is 6.18 Å². The lowest BCUT2D eigenvalue weighted by Crippen LogP contribution is -2.30. The molecule has 0 bridgehead atoms.